The Morgan fingerprint density at radius 1 is 1.35 bits per heavy atom. The molecule has 34 heavy (non-hydrogen) atoms. The van der Waals surface area contributed by atoms with Gasteiger partial charge in [0.15, 0.2) is 6.29 Å². The summed E-state index contributed by atoms with van der Waals surface area (Å²) < 4.78 is 0. The molecule has 0 aromatic carbocycles. The Balaban J connectivity index is 1.73. The molecule has 3 amide bonds. The van der Waals surface area contributed by atoms with Crippen molar-refractivity contribution >= 4 is 35.5 Å². The van der Waals surface area contributed by atoms with E-state index in [1.807, 2.05) is 25.8 Å². The van der Waals surface area contributed by atoms with Crippen molar-refractivity contribution in [1.82, 2.24) is 19.8 Å². The molecule has 1 fully saturated rings. The first kappa shape index (κ1) is 24.6. The van der Waals surface area contributed by atoms with Crippen molar-refractivity contribution in [3.63, 3.8) is 0 Å². The predicted molar refractivity (Wildman–Crippen MR) is 128 cm³/mol. The Morgan fingerprint density at radius 3 is 2.76 bits per heavy atom. The van der Waals surface area contributed by atoms with Crippen LogP contribution in [0.5, 0.6) is 0 Å². The molecule has 1 aliphatic rings. The maximum atomic E-state index is 12.8. The first-order valence-electron chi connectivity index (χ1n) is 10.8. The first-order chi connectivity index (χ1) is 16.2. The summed E-state index contributed by atoms with van der Waals surface area (Å²) in [6.07, 6.45) is 2.01. The number of nitrogens with one attached hydrogen (secondary N) is 2. The highest BCUT2D eigenvalue weighted by Crippen LogP contribution is 2.21. The van der Waals surface area contributed by atoms with Crippen molar-refractivity contribution in [1.29, 1.82) is 5.26 Å². The van der Waals surface area contributed by atoms with Gasteiger partial charge in [0.25, 0.3) is 0 Å². The molecule has 0 spiro atoms. The van der Waals surface area contributed by atoms with Gasteiger partial charge in [-0.15, -0.1) is 0 Å². The summed E-state index contributed by atoms with van der Waals surface area (Å²) in [6, 6.07) is 6.55. The minimum Gasteiger partial charge on any atom is -0.382 e. The van der Waals surface area contributed by atoms with Crippen molar-refractivity contribution in [2.75, 3.05) is 49.3 Å². The molecule has 3 heterocycles. The number of nitrogens with zero attached hydrogens (tertiary/aromatic N) is 6. The van der Waals surface area contributed by atoms with Crippen LogP contribution in [0.3, 0.4) is 0 Å². The smallest absolute Gasteiger partial charge is 0.328 e. The molecular weight excluding hydrogens is 436 g/mol. The van der Waals surface area contributed by atoms with Crippen LogP contribution in [0.4, 0.5) is 22.1 Å². The van der Waals surface area contributed by atoms with Crippen LogP contribution in [0.2, 0.25) is 0 Å². The highest BCUT2D eigenvalue weighted by atomic mass is 16.2. The molecule has 0 bridgehead atoms. The zero-order valence-corrected chi connectivity index (χ0v) is 19.7. The quantitative estimate of drug-likeness (QED) is 0.594. The van der Waals surface area contributed by atoms with E-state index < -0.39 is 6.03 Å². The number of anilines is 3. The van der Waals surface area contributed by atoms with Gasteiger partial charge < -0.3 is 10.2 Å². The number of hydrogen-bond donors (Lipinski definition) is 2. The third-order valence-electron chi connectivity index (χ3n) is 5.33. The molecule has 1 saturated heterocycles. The predicted octanol–water partition coefficient (Wildman–Crippen LogP) is 1.92. The van der Waals surface area contributed by atoms with Crippen LogP contribution in [0.25, 0.3) is 0 Å². The van der Waals surface area contributed by atoms with Crippen molar-refractivity contribution in [3.05, 3.63) is 41.2 Å². The van der Waals surface area contributed by atoms with E-state index in [-0.39, 0.29) is 35.8 Å². The van der Waals surface area contributed by atoms with E-state index in [1.165, 1.54) is 18.1 Å². The fourth-order valence-corrected chi connectivity index (χ4v) is 3.46. The van der Waals surface area contributed by atoms with E-state index >= 15 is 0 Å². The monoisotopic (exact) mass is 464 g/mol. The number of pyridine rings is 2. The van der Waals surface area contributed by atoms with Crippen molar-refractivity contribution in [2.45, 2.75) is 26.4 Å². The summed E-state index contributed by atoms with van der Waals surface area (Å²) >= 11 is 0. The summed E-state index contributed by atoms with van der Waals surface area (Å²) in [7, 11) is 3.41. The first-order valence-corrected chi connectivity index (χ1v) is 10.8. The lowest BCUT2D eigenvalue weighted by Crippen LogP contribution is -2.48. The lowest BCUT2D eigenvalue weighted by molar-refractivity contribution is -0.136. The molecule has 2 aromatic heterocycles. The number of aromatic nitrogens is 2. The Labute approximate surface area is 198 Å². The number of piperazine rings is 1. The van der Waals surface area contributed by atoms with Gasteiger partial charge in [-0.1, -0.05) is 6.07 Å². The second-order valence-electron chi connectivity index (χ2n) is 8.40. The third kappa shape index (κ3) is 5.85. The van der Waals surface area contributed by atoms with Crippen molar-refractivity contribution in [2.24, 2.45) is 0 Å². The fourth-order valence-electron chi connectivity index (χ4n) is 3.46. The highest BCUT2D eigenvalue weighted by Gasteiger charge is 2.23. The van der Waals surface area contributed by atoms with Crippen LogP contribution >= 0.6 is 0 Å². The van der Waals surface area contributed by atoms with Crippen LogP contribution in [0.1, 0.15) is 35.5 Å². The third-order valence-corrected chi connectivity index (χ3v) is 5.33. The molecule has 0 saturated carbocycles. The van der Waals surface area contributed by atoms with Gasteiger partial charge in [-0.25, -0.2) is 14.8 Å². The van der Waals surface area contributed by atoms with E-state index in [4.69, 9.17) is 0 Å². The molecule has 2 aromatic rings. The fraction of sp³-hybridized carbons (Fsp3) is 0.391. The number of aldehydes is 1. The Morgan fingerprint density at radius 2 is 2.12 bits per heavy atom. The van der Waals surface area contributed by atoms with Crippen LogP contribution in [0.15, 0.2) is 24.4 Å². The molecule has 178 valence electrons. The number of urea groups is 1. The average Bonchev–Trinajstić information content (AvgIpc) is 2.80. The van der Waals surface area contributed by atoms with E-state index in [0.29, 0.717) is 36.2 Å². The number of carbonyl (C=O) groups is 3. The second kappa shape index (κ2) is 10.7. The summed E-state index contributed by atoms with van der Waals surface area (Å²) in [5.41, 5.74) is 1.72. The summed E-state index contributed by atoms with van der Waals surface area (Å²) in [6.45, 7) is 5.82. The molecular formula is C23H28N8O3. The average molecular weight is 465 g/mol. The van der Waals surface area contributed by atoms with E-state index in [9.17, 15) is 19.6 Å². The number of hydrogen-bond acceptors (Lipinski definition) is 8. The maximum Gasteiger partial charge on any atom is 0.328 e. The number of nitriles is 1. The SMILES string of the molecule is CC(C)Nc1cc(NC(=O)N(C)c2ccc(CN3CCN(C)CC3=O)c(C=O)n2)ncc1C#N. The number of amides is 3. The molecule has 0 unspecified atom stereocenters. The molecule has 0 radical (unpaired) electrons. The van der Waals surface area contributed by atoms with E-state index in [1.54, 1.807) is 23.1 Å². The van der Waals surface area contributed by atoms with Crippen molar-refractivity contribution < 1.29 is 14.4 Å². The topological polar surface area (TPSA) is 135 Å². The van der Waals surface area contributed by atoms with Crippen LogP contribution < -0.4 is 15.5 Å². The number of carbonyl (C=O) groups excluding carboxylic acids is 3. The lowest BCUT2D eigenvalue weighted by atomic mass is 10.1. The minimum atomic E-state index is -0.515. The summed E-state index contributed by atoms with van der Waals surface area (Å²) in [4.78, 5) is 50.1. The van der Waals surface area contributed by atoms with Crippen molar-refractivity contribution in [3.8, 4) is 6.07 Å². The van der Waals surface area contributed by atoms with Crippen LogP contribution in [-0.4, -0.2) is 77.8 Å². The Kier molecular flexibility index (Phi) is 7.75. The zero-order chi connectivity index (χ0) is 24.8. The molecule has 0 aliphatic carbocycles. The normalized spacial score (nSPS) is 14.0. The van der Waals surface area contributed by atoms with Gasteiger partial charge in [-0.2, -0.15) is 5.26 Å². The maximum absolute atomic E-state index is 12.8. The second-order valence-corrected chi connectivity index (χ2v) is 8.40. The van der Waals surface area contributed by atoms with Crippen LogP contribution in [-0.2, 0) is 11.3 Å². The molecule has 0 atom stereocenters. The highest BCUT2D eigenvalue weighted by molar-refractivity contribution is 6.00. The van der Waals surface area contributed by atoms with Gasteiger partial charge in [-0.3, -0.25) is 24.7 Å². The van der Waals surface area contributed by atoms with E-state index in [0.717, 1.165) is 6.54 Å². The van der Waals surface area contributed by atoms with Crippen LogP contribution in [0, 0.1) is 11.3 Å². The zero-order valence-electron chi connectivity index (χ0n) is 19.7. The number of rotatable bonds is 7. The lowest BCUT2D eigenvalue weighted by Gasteiger charge is -2.32. The van der Waals surface area contributed by atoms with Gasteiger partial charge in [0.1, 0.15) is 23.4 Å². The molecule has 3 rings (SSSR count). The minimum absolute atomic E-state index is 0.00702. The number of likely N-dealkylation sites (N-methyl/N-ethyl adjacent to an activating group) is 1. The molecule has 11 nitrogen and oxygen atoms in total. The van der Waals surface area contributed by atoms with E-state index in [2.05, 4.69) is 26.7 Å². The van der Waals surface area contributed by atoms with Gasteiger partial charge >= 0.3 is 6.03 Å². The Bertz CT molecular complexity index is 1130. The van der Waals surface area contributed by atoms with Gasteiger partial charge in [0.05, 0.1) is 17.8 Å². The summed E-state index contributed by atoms with van der Waals surface area (Å²) in [5, 5.41) is 15.1. The van der Waals surface area contributed by atoms with Gasteiger partial charge in [0, 0.05) is 50.6 Å². The summed E-state index contributed by atoms with van der Waals surface area (Å²) in [5.74, 6) is 0.523. The van der Waals surface area contributed by atoms with Gasteiger partial charge in [0.2, 0.25) is 5.91 Å². The molecule has 2 N–H and O–H groups in total. The largest absolute Gasteiger partial charge is 0.382 e. The van der Waals surface area contributed by atoms with Gasteiger partial charge in [-0.05, 0) is 27.0 Å². The Hall–Kier alpha value is -4.04. The molecule has 1 aliphatic heterocycles. The molecule has 11 heteroatoms. The standard InChI is InChI=1S/C23H28N8O3/c1-15(2)26-18-9-20(25-11-17(18)10-24)28-23(34)30(4)21-6-5-16(19(14-32)27-21)12-31-8-7-29(3)13-22(31)33/h5-6,9,11,14-15H,7-8,12-13H2,1-4H3,(H2,25,26,28,34).